The van der Waals surface area contributed by atoms with Gasteiger partial charge in [-0.15, -0.1) is 138 Å². The molecule has 6 heteroatoms. The van der Waals surface area contributed by atoms with Gasteiger partial charge in [-0.3, -0.25) is 0 Å². The Bertz CT molecular complexity index is 6000. The molecule has 0 radical (unpaired) electrons. The molecule has 0 aromatic heterocycles. The number of aryl methyl sites for hydroxylation is 4. The fourth-order valence-corrected chi connectivity index (χ4v) is 17.0. The molecule has 20 rings (SSSR count). The Balaban J connectivity index is 0.000000128. The maximum absolute atomic E-state index is 2.39. The second-order valence-electron chi connectivity index (χ2n) is 30.5. The van der Waals surface area contributed by atoms with Gasteiger partial charge >= 0.3 is 83.7 Å². The van der Waals surface area contributed by atoms with Crippen molar-refractivity contribution < 1.29 is 71.5 Å². The summed E-state index contributed by atoms with van der Waals surface area (Å²) in [6.07, 6.45) is 9.32. The Hall–Kier alpha value is -9.18. The van der Waals surface area contributed by atoms with Crippen molar-refractivity contribution in [3.8, 4) is 44.5 Å². The standard InChI is InChI=1S/4C26H21.2C2H6Si.2ClH.2Zr/c4*1-2-8-18-15-19-10-7-14-24(25(19)16-18)26-17-20-9-3-4-11-21(20)22-12-5-6-13-23(22)26;2*1-3-2;;;;/h4*3-7,9-17H,2,8H2,1H3;2*1-2H3;2*1H;;/q4*-1;;;;;2*+2/p-2. The minimum Gasteiger partial charge on any atom is -1.00 e. The van der Waals surface area contributed by atoms with Crippen LogP contribution in [0.1, 0.15) is 75.6 Å². The largest absolute Gasteiger partial charge is 1.00 e. The normalized spacial score (nSPS) is 11.1. The minimum absolute atomic E-state index is 0. The van der Waals surface area contributed by atoms with Gasteiger partial charge in [0.1, 0.15) is 0 Å². The number of benzene rings is 16. The second kappa shape index (κ2) is 38.5. The molecule has 114 heavy (non-hydrogen) atoms. The van der Waals surface area contributed by atoms with Crippen molar-refractivity contribution in [2.45, 2.75) is 105 Å². The topological polar surface area (TPSA) is 0 Å². The number of rotatable bonds is 12. The number of fused-ring (bicyclic) bond motifs is 16. The molecule has 20 aromatic carbocycles. The van der Waals surface area contributed by atoms with Gasteiger partial charge in [0, 0.05) is 0 Å². The molecule has 0 aliphatic carbocycles. The zero-order valence-electron chi connectivity index (χ0n) is 66.7. The molecule has 0 atom stereocenters. The van der Waals surface area contributed by atoms with Crippen LogP contribution in [0.5, 0.6) is 0 Å². The molecule has 0 fully saturated rings. The smallest absolute Gasteiger partial charge is 1.00 e. The predicted octanol–water partition coefficient (Wildman–Crippen LogP) is 25.5. The van der Waals surface area contributed by atoms with Crippen LogP contribution in [0.15, 0.2) is 340 Å². The van der Waals surface area contributed by atoms with E-state index in [1.807, 2.05) is 0 Å². The fraction of sp³-hybridized carbons (Fsp3) is 0.148. The van der Waals surface area contributed by atoms with Crippen LogP contribution in [-0.2, 0) is 72.4 Å². The maximum atomic E-state index is 2.39. The van der Waals surface area contributed by atoms with Crippen LogP contribution >= 0.6 is 0 Å². The van der Waals surface area contributed by atoms with Crippen molar-refractivity contribution in [3.05, 3.63) is 362 Å². The van der Waals surface area contributed by atoms with E-state index < -0.39 is 0 Å². The summed E-state index contributed by atoms with van der Waals surface area (Å²) < 4.78 is 0. The number of hydrogen-bond acceptors (Lipinski definition) is 0. The van der Waals surface area contributed by atoms with Gasteiger partial charge in [-0.1, -0.05) is 294 Å². The van der Waals surface area contributed by atoms with Gasteiger partial charge in [-0.05, 0) is 158 Å². The minimum atomic E-state index is 0. The van der Waals surface area contributed by atoms with Crippen LogP contribution in [0.2, 0.25) is 26.2 Å². The molecule has 0 aliphatic rings. The maximum Gasteiger partial charge on any atom is -1.00 e. The first-order valence-corrected chi connectivity index (χ1v) is 52.6. The van der Waals surface area contributed by atoms with Crippen molar-refractivity contribution in [3.63, 3.8) is 0 Å². The third kappa shape index (κ3) is 18.1. The van der Waals surface area contributed by atoms with E-state index in [4.69, 9.17) is 0 Å². The van der Waals surface area contributed by atoms with Crippen LogP contribution in [0, 0.1) is 0 Å². The molecule has 0 nitrogen and oxygen atoms in total. The van der Waals surface area contributed by atoms with E-state index in [1.165, 1.54) is 222 Å². The first kappa shape index (κ1) is 82.8. The Morgan fingerprint density at radius 2 is 0.377 bits per heavy atom. The Kier molecular flexibility index (Phi) is 28.0. The van der Waals surface area contributed by atoms with E-state index in [0.29, 0.717) is 0 Å². The molecule has 20 aromatic rings. The monoisotopic (exact) mass is 1700 g/mol. The summed E-state index contributed by atoms with van der Waals surface area (Å²) in [5.74, 6) is 0. The van der Waals surface area contributed by atoms with Crippen LogP contribution < -0.4 is 24.8 Å². The summed E-state index contributed by atoms with van der Waals surface area (Å²) in [6, 6.07) is 125. The average Bonchev–Trinajstić information content (AvgIpc) is 1.34. The molecule has 0 amide bonds. The van der Waals surface area contributed by atoms with Crippen LogP contribution in [-0.4, -0.2) is 10.9 Å². The van der Waals surface area contributed by atoms with Crippen molar-refractivity contribution in [2.24, 2.45) is 0 Å². The Morgan fingerprint density at radius 1 is 0.202 bits per heavy atom. The molecule has 0 unspecified atom stereocenters. The summed E-state index contributed by atoms with van der Waals surface area (Å²) in [5, 5.41) is 32.1. The van der Waals surface area contributed by atoms with Crippen LogP contribution in [0.25, 0.3) is 174 Å². The second-order valence-corrected chi connectivity index (χ2v) is 49.2. The van der Waals surface area contributed by atoms with Gasteiger partial charge in [-0.2, -0.15) is 24.3 Å². The predicted molar refractivity (Wildman–Crippen MR) is 491 cm³/mol. The van der Waals surface area contributed by atoms with E-state index in [0.717, 1.165) is 25.7 Å². The molecular weight excluding hydrogens is 1610 g/mol. The molecule has 0 saturated heterocycles. The molecular formula is C108H96Cl2Si2Zr2-2. The molecule has 0 heterocycles. The summed E-state index contributed by atoms with van der Waals surface area (Å²) >= 11 is 3.48. The van der Waals surface area contributed by atoms with Crippen LogP contribution in [0.3, 0.4) is 0 Å². The molecule has 0 aliphatic heterocycles. The zero-order chi connectivity index (χ0) is 77.2. The van der Waals surface area contributed by atoms with Crippen molar-refractivity contribution in [2.75, 3.05) is 0 Å². The first-order valence-electron chi connectivity index (χ1n) is 40.3. The molecule has 0 bridgehead atoms. The van der Waals surface area contributed by atoms with Crippen molar-refractivity contribution in [1.82, 2.24) is 0 Å². The van der Waals surface area contributed by atoms with E-state index >= 15 is 0 Å². The number of halogens is 2. The van der Waals surface area contributed by atoms with E-state index in [9.17, 15) is 0 Å². The quantitative estimate of drug-likeness (QED) is 0.0650. The number of hydrogen-bond donors (Lipinski definition) is 0. The molecule has 0 spiro atoms. The third-order valence-corrected chi connectivity index (χ3v) is 21.6. The average molecular weight is 1700 g/mol. The van der Waals surface area contributed by atoms with E-state index in [1.54, 1.807) is 46.7 Å². The summed E-state index contributed by atoms with van der Waals surface area (Å²) in [5.41, 5.74) is 16.9. The van der Waals surface area contributed by atoms with Crippen molar-refractivity contribution in [1.29, 1.82) is 0 Å². The van der Waals surface area contributed by atoms with Crippen molar-refractivity contribution >= 4 is 140 Å². The molecule has 0 saturated carbocycles. The zero-order valence-corrected chi connectivity index (χ0v) is 75.2. The van der Waals surface area contributed by atoms with Gasteiger partial charge in [0.05, 0.1) is 0 Å². The van der Waals surface area contributed by atoms with E-state index in [2.05, 4.69) is 394 Å². The van der Waals surface area contributed by atoms with Gasteiger partial charge in [-0.25, -0.2) is 0 Å². The van der Waals surface area contributed by atoms with Gasteiger partial charge in [0.25, 0.3) is 0 Å². The molecule has 0 N–H and O–H groups in total. The van der Waals surface area contributed by atoms with E-state index in [-0.39, 0.29) is 35.7 Å². The Morgan fingerprint density at radius 3 is 0.570 bits per heavy atom. The fourth-order valence-electron chi connectivity index (χ4n) is 17.0. The first-order chi connectivity index (χ1) is 54.9. The van der Waals surface area contributed by atoms with Crippen LogP contribution in [0.4, 0.5) is 0 Å². The molecule has 560 valence electrons. The summed E-state index contributed by atoms with van der Waals surface area (Å²) in [4.78, 5) is 0. The summed E-state index contributed by atoms with van der Waals surface area (Å²) in [6.45, 7) is 18.2. The third-order valence-electron chi connectivity index (χ3n) is 21.6. The van der Waals surface area contributed by atoms with Gasteiger partial charge < -0.3 is 24.8 Å². The SMILES string of the molecule is CCCc1cc2c(-c3cc4ccccc4c4ccccc34)cccc2[cH-]1.CCCc1cc2c(-c3cc4ccccc4c4ccccc34)cccc2[cH-]1.CCCc1cc2c(-c3cc4ccccc4c4ccccc34)cccc2[cH-]1.CCCc1cc2c(-c3cc4ccccc4c4ccccc34)cccc2[cH-]1.C[Si](C)=[Zr+2].C[Si](C)=[Zr+2].[Cl-].[Cl-]. The van der Waals surface area contributed by atoms with Gasteiger partial charge in [0.15, 0.2) is 0 Å². The van der Waals surface area contributed by atoms with Gasteiger partial charge in [0.2, 0.25) is 0 Å². The summed E-state index contributed by atoms with van der Waals surface area (Å²) in [7, 11) is 0. The Labute approximate surface area is 716 Å².